The van der Waals surface area contributed by atoms with E-state index >= 15 is 0 Å². The molecule has 2 aliphatic rings. The van der Waals surface area contributed by atoms with Gasteiger partial charge in [0, 0.05) is 25.7 Å². The molecule has 4 nitrogen and oxygen atoms in total. The van der Waals surface area contributed by atoms with Gasteiger partial charge in [0.05, 0.1) is 5.52 Å². The van der Waals surface area contributed by atoms with Crippen LogP contribution in [0.3, 0.4) is 0 Å². The van der Waals surface area contributed by atoms with Crippen molar-refractivity contribution in [1.29, 1.82) is 0 Å². The molecule has 1 fully saturated rings. The molecule has 4 rings (SSSR count). The highest BCUT2D eigenvalue weighted by Crippen LogP contribution is 2.30. The van der Waals surface area contributed by atoms with E-state index in [1.807, 2.05) is 16.7 Å². The van der Waals surface area contributed by atoms with Crippen LogP contribution in [0.1, 0.15) is 31.7 Å². The van der Waals surface area contributed by atoms with Crippen molar-refractivity contribution in [1.82, 2.24) is 9.47 Å². The molecule has 1 aliphatic heterocycles. The molecular formula is C16H20N2O2. The summed E-state index contributed by atoms with van der Waals surface area (Å²) in [7, 11) is 0. The van der Waals surface area contributed by atoms with E-state index in [9.17, 15) is 4.79 Å². The van der Waals surface area contributed by atoms with E-state index < -0.39 is 0 Å². The van der Waals surface area contributed by atoms with E-state index in [1.165, 1.54) is 24.8 Å². The Balaban J connectivity index is 1.75. The van der Waals surface area contributed by atoms with Gasteiger partial charge >= 0.3 is 5.76 Å². The maximum Gasteiger partial charge on any atom is 0.420 e. The second-order valence-corrected chi connectivity index (χ2v) is 6.32. The number of aromatic nitrogens is 1. The fourth-order valence-electron chi connectivity index (χ4n) is 3.50. The van der Waals surface area contributed by atoms with Crippen molar-refractivity contribution in [3.8, 4) is 0 Å². The van der Waals surface area contributed by atoms with Gasteiger partial charge in [0.25, 0.3) is 0 Å². The van der Waals surface area contributed by atoms with Crippen molar-refractivity contribution >= 4 is 11.1 Å². The number of nitrogens with zero attached hydrogens (tertiary/aromatic N) is 2. The van der Waals surface area contributed by atoms with Gasteiger partial charge in [-0.1, -0.05) is 18.6 Å². The first-order valence-corrected chi connectivity index (χ1v) is 7.57. The zero-order valence-electron chi connectivity index (χ0n) is 11.8. The van der Waals surface area contributed by atoms with E-state index in [2.05, 4.69) is 17.9 Å². The van der Waals surface area contributed by atoms with E-state index in [1.54, 1.807) is 0 Å². The van der Waals surface area contributed by atoms with Crippen LogP contribution in [0.4, 0.5) is 0 Å². The first-order chi connectivity index (χ1) is 9.72. The smallest absolute Gasteiger partial charge is 0.408 e. The van der Waals surface area contributed by atoms with Gasteiger partial charge in [-0.05, 0) is 37.3 Å². The molecule has 4 heteroatoms. The van der Waals surface area contributed by atoms with Crippen LogP contribution in [0.5, 0.6) is 0 Å². The van der Waals surface area contributed by atoms with Gasteiger partial charge in [-0.3, -0.25) is 9.47 Å². The van der Waals surface area contributed by atoms with Crippen LogP contribution >= 0.6 is 0 Å². The Labute approximate surface area is 118 Å². The molecule has 1 atom stereocenters. The number of rotatable bonds is 2. The summed E-state index contributed by atoms with van der Waals surface area (Å²) in [5, 5.41) is 0. The molecule has 1 unspecified atom stereocenters. The standard InChI is InChI=1S/C16H20N2O2/c1-11-8-18-15-13(6-3-7-14(15)20-16(18)19)10-17(11)9-12-4-2-5-12/h3,6-7,11-12H,2,4-5,8-10H2,1H3. The van der Waals surface area contributed by atoms with Crippen LogP contribution in [0.25, 0.3) is 11.1 Å². The van der Waals surface area contributed by atoms with Gasteiger partial charge < -0.3 is 4.42 Å². The number of benzene rings is 1. The summed E-state index contributed by atoms with van der Waals surface area (Å²) in [6.07, 6.45) is 4.11. The predicted molar refractivity (Wildman–Crippen MR) is 77.7 cm³/mol. The minimum atomic E-state index is -0.218. The molecular weight excluding hydrogens is 252 g/mol. The van der Waals surface area contributed by atoms with Gasteiger partial charge in [0.2, 0.25) is 0 Å². The molecule has 0 spiro atoms. The fourth-order valence-corrected chi connectivity index (χ4v) is 3.50. The summed E-state index contributed by atoms with van der Waals surface area (Å²) < 4.78 is 7.17. The van der Waals surface area contributed by atoms with Crippen molar-refractivity contribution in [3.63, 3.8) is 0 Å². The number of hydrogen-bond donors (Lipinski definition) is 0. The summed E-state index contributed by atoms with van der Waals surface area (Å²) in [4.78, 5) is 14.6. The van der Waals surface area contributed by atoms with Crippen molar-refractivity contribution in [2.75, 3.05) is 6.54 Å². The van der Waals surface area contributed by atoms with Crippen molar-refractivity contribution in [2.45, 2.75) is 45.3 Å². The molecule has 1 aliphatic carbocycles. The maximum atomic E-state index is 12.0. The fraction of sp³-hybridized carbons (Fsp3) is 0.562. The zero-order valence-corrected chi connectivity index (χ0v) is 11.8. The molecule has 2 aromatic rings. The summed E-state index contributed by atoms with van der Waals surface area (Å²) in [5.41, 5.74) is 2.95. The normalized spacial score (nSPS) is 23.8. The van der Waals surface area contributed by atoms with Gasteiger partial charge in [0.1, 0.15) is 0 Å². The summed E-state index contributed by atoms with van der Waals surface area (Å²) in [6, 6.07) is 6.38. The van der Waals surface area contributed by atoms with Gasteiger partial charge in [-0.15, -0.1) is 0 Å². The molecule has 2 heterocycles. The molecule has 0 bridgehead atoms. The summed E-state index contributed by atoms with van der Waals surface area (Å²) >= 11 is 0. The quantitative estimate of drug-likeness (QED) is 0.843. The third-order valence-corrected chi connectivity index (χ3v) is 4.93. The van der Waals surface area contributed by atoms with Gasteiger partial charge in [-0.25, -0.2) is 4.79 Å². The zero-order chi connectivity index (χ0) is 13.7. The largest absolute Gasteiger partial charge is 0.420 e. The van der Waals surface area contributed by atoms with Crippen molar-refractivity contribution in [2.24, 2.45) is 5.92 Å². The Hall–Kier alpha value is -1.55. The van der Waals surface area contributed by atoms with Crippen LogP contribution in [-0.4, -0.2) is 22.1 Å². The SMILES string of the molecule is CC1Cn2c(=O)oc3cccc(c32)CN1CC1CCC1. The maximum absolute atomic E-state index is 12.0. The van der Waals surface area contributed by atoms with Gasteiger partial charge in [0.15, 0.2) is 5.58 Å². The second-order valence-electron chi connectivity index (χ2n) is 6.32. The molecule has 20 heavy (non-hydrogen) atoms. The Morgan fingerprint density at radius 2 is 2.20 bits per heavy atom. The number of hydrogen-bond acceptors (Lipinski definition) is 3. The third-order valence-electron chi connectivity index (χ3n) is 4.93. The molecule has 0 amide bonds. The van der Waals surface area contributed by atoms with E-state index in [4.69, 9.17) is 4.42 Å². The second kappa shape index (κ2) is 4.48. The third kappa shape index (κ3) is 1.82. The molecule has 106 valence electrons. The number of para-hydroxylation sites is 1. The lowest BCUT2D eigenvalue weighted by molar-refractivity contribution is 0.126. The highest BCUT2D eigenvalue weighted by molar-refractivity contribution is 5.77. The molecule has 0 N–H and O–H groups in total. The van der Waals surface area contributed by atoms with E-state index in [0.29, 0.717) is 6.04 Å². The van der Waals surface area contributed by atoms with Crippen LogP contribution in [-0.2, 0) is 13.1 Å². The van der Waals surface area contributed by atoms with Crippen LogP contribution < -0.4 is 5.76 Å². The lowest BCUT2D eigenvalue weighted by Gasteiger charge is -2.35. The monoisotopic (exact) mass is 272 g/mol. The summed E-state index contributed by atoms with van der Waals surface area (Å²) in [5.74, 6) is 0.635. The van der Waals surface area contributed by atoms with Crippen molar-refractivity contribution < 1.29 is 4.42 Å². The molecule has 0 radical (unpaired) electrons. The Kier molecular flexibility index (Phi) is 2.74. The molecule has 1 saturated carbocycles. The minimum absolute atomic E-state index is 0.218. The van der Waals surface area contributed by atoms with Crippen molar-refractivity contribution in [3.05, 3.63) is 34.3 Å². The first kappa shape index (κ1) is 12.2. The lowest BCUT2D eigenvalue weighted by Crippen LogP contribution is -2.40. The molecule has 1 aromatic heterocycles. The predicted octanol–water partition coefficient (Wildman–Crippen LogP) is 2.60. The van der Waals surface area contributed by atoms with E-state index in [-0.39, 0.29) is 5.76 Å². The minimum Gasteiger partial charge on any atom is -0.408 e. The Morgan fingerprint density at radius 3 is 2.95 bits per heavy atom. The van der Waals surface area contributed by atoms with Crippen LogP contribution in [0.15, 0.2) is 27.4 Å². The van der Waals surface area contributed by atoms with Gasteiger partial charge in [-0.2, -0.15) is 0 Å². The average Bonchev–Trinajstić information content (AvgIpc) is 2.61. The Bertz CT molecular complexity index is 696. The van der Waals surface area contributed by atoms with E-state index in [0.717, 1.165) is 36.7 Å². The topological polar surface area (TPSA) is 38.4 Å². The van der Waals surface area contributed by atoms with Crippen LogP contribution in [0.2, 0.25) is 0 Å². The summed E-state index contributed by atoms with van der Waals surface area (Å²) in [6.45, 7) is 5.03. The average molecular weight is 272 g/mol. The van der Waals surface area contributed by atoms with Crippen LogP contribution in [0, 0.1) is 5.92 Å². The Morgan fingerprint density at radius 1 is 1.35 bits per heavy atom. The highest BCUT2D eigenvalue weighted by Gasteiger charge is 2.28. The number of oxazole rings is 1. The first-order valence-electron chi connectivity index (χ1n) is 7.57. The molecule has 0 saturated heterocycles. The highest BCUT2D eigenvalue weighted by atomic mass is 16.4. The lowest BCUT2D eigenvalue weighted by atomic mass is 9.85. The molecule has 1 aromatic carbocycles.